The van der Waals surface area contributed by atoms with E-state index in [1.807, 2.05) is 24.7 Å². The molecule has 0 fully saturated rings. The number of aryl methyl sites for hydroxylation is 2. The van der Waals surface area contributed by atoms with Crippen LogP contribution in [0.4, 0.5) is 4.39 Å². The SMILES string of the molecule is CCCNC(Cc1ccc(Cl)c(F)c1)c1cc(C)nn1C. The molecule has 2 rings (SSSR count). The molecule has 21 heavy (non-hydrogen) atoms. The van der Waals surface area contributed by atoms with Gasteiger partial charge < -0.3 is 5.32 Å². The minimum Gasteiger partial charge on any atom is -0.308 e. The van der Waals surface area contributed by atoms with Crippen molar-refractivity contribution in [1.29, 1.82) is 0 Å². The molecule has 1 atom stereocenters. The molecule has 114 valence electrons. The van der Waals surface area contributed by atoms with E-state index in [2.05, 4.69) is 23.4 Å². The summed E-state index contributed by atoms with van der Waals surface area (Å²) in [6.07, 6.45) is 1.75. The summed E-state index contributed by atoms with van der Waals surface area (Å²) in [6, 6.07) is 7.16. The van der Waals surface area contributed by atoms with Gasteiger partial charge in [0.2, 0.25) is 0 Å². The smallest absolute Gasteiger partial charge is 0.142 e. The first-order chi connectivity index (χ1) is 10.0. The lowest BCUT2D eigenvalue weighted by molar-refractivity contribution is 0.492. The van der Waals surface area contributed by atoms with Crippen molar-refractivity contribution in [3.05, 3.63) is 52.1 Å². The third-order valence-electron chi connectivity index (χ3n) is 3.46. The fourth-order valence-electron chi connectivity index (χ4n) is 2.46. The van der Waals surface area contributed by atoms with Crippen LogP contribution in [0.5, 0.6) is 0 Å². The number of hydrogen-bond acceptors (Lipinski definition) is 2. The summed E-state index contributed by atoms with van der Waals surface area (Å²) >= 11 is 5.74. The molecule has 0 amide bonds. The Hall–Kier alpha value is -1.39. The lowest BCUT2D eigenvalue weighted by Gasteiger charge is -2.19. The Morgan fingerprint density at radius 1 is 1.38 bits per heavy atom. The molecule has 1 aromatic carbocycles. The van der Waals surface area contributed by atoms with Gasteiger partial charge in [-0.25, -0.2) is 4.39 Å². The van der Waals surface area contributed by atoms with E-state index in [1.165, 1.54) is 6.07 Å². The molecule has 3 nitrogen and oxygen atoms in total. The number of nitrogens with one attached hydrogen (secondary N) is 1. The normalized spacial score (nSPS) is 12.6. The molecule has 1 heterocycles. The van der Waals surface area contributed by atoms with Gasteiger partial charge in [0.15, 0.2) is 0 Å². The predicted molar refractivity (Wildman–Crippen MR) is 84.1 cm³/mol. The number of benzene rings is 1. The number of hydrogen-bond donors (Lipinski definition) is 1. The second-order valence-electron chi connectivity index (χ2n) is 5.29. The van der Waals surface area contributed by atoms with E-state index < -0.39 is 0 Å². The highest BCUT2D eigenvalue weighted by Crippen LogP contribution is 2.22. The van der Waals surface area contributed by atoms with Crippen LogP contribution < -0.4 is 5.32 Å². The van der Waals surface area contributed by atoms with Crippen LogP contribution in [-0.4, -0.2) is 16.3 Å². The van der Waals surface area contributed by atoms with Crippen molar-refractivity contribution in [1.82, 2.24) is 15.1 Å². The van der Waals surface area contributed by atoms with Gasteiger partial charge in [-0.2, -0.15) is 5.10 Å². The number of aromatic nitrogens is 2. The van der Waals surface area contributed by atoms with Crippen LogP contribution in [0.3, 0.4) is 0 Å². The number of nitrogens with zero attached hydrogens (tertiary/aromatic N) is 2. The van der Waals surface area contributed by atoms with Crippen LogP contribution in [-0.2, 0) is 13.5 Å². The second kappa shape index (κ2) is 7.05. The van der Waals surface area contributed by atoms with Gasteiger partial charge in [0, 0.05) is 7.05 Å². The Morgan fingerprint density at radius 3 is 2.71 bits per heavy atom. The standard InChI is InChI=1S/C16H21ClFN3/c1-4-7-19-15(16-8-11(2)20-21(16)3)10-12-5-6-13(17)14(18)9-12/h5-6,8-9,15,19H,4,7,10H2,1-3H3. The Bertz CT molecular complexity index is 610. The number of halogens is 2. The molecule has 0 aliphatic heterocycles. The summed E-state index contributed by atoms with van der Waals surface area (Å²) in [4.78, 5) is 0. The molecule has 1 N–H and O–H groups in total. The molecule has 1 aromatic heterocycles. The first-order valence-electron chi connectivity index (χ1n) is 7.19. The van der Waals surface area contributed by atoms with E-state index in [-0.39, 0.29) is 16.9 Å². The van der Waals surface area contributed by atoms with Gasteiger partial charge in [0.05, 0.1) is 22.5 Å². The van der Waals surface area contributed by atoms with Crippen molar-refractivity contribution in [2.75, 3.05) is 6.54 Å². The highest BCUT2D eigenvalue weighted by molar-refractivity contribution is 6.30. The van der Waals surface area contributed by atoms with Crippen LogP contribution in [0.1, 0.15) is 36.3 Å². The monoisotopic (exact) mass is 309 g/mol. The van der Waals surface area contributed by atoms with E-state index in [1.54, 1.807) is 6.07 Å². The Labute approximate surface area is 130 Å². The van der Waals surface area contributed by atoms with Crippen molar-refractivity contribution in [2.24, 2.45) is 7.05 Å². The van der Waals surface area contributed by atoms with Crippen LogP contribution >= 0.6 is 11.6 Å². The minimum absolute atomic E-state index is 0.108. The van der Waals surface area contributed by atoms with Gasteiger partial charge in [0.25, 0.3) is 0 Å². The fraction of sp³-hybridized carbons (Fsp3) is 0.438. The molecule has 0 saturated carbocycles. The topological polar surface area (TPSA) is 29.9 Å². The van der Waals surface area contributed by atoms with E-state index in [9.17, 15) is 4.39 Å². The van der Waals surface area contributed by atoms with E-state index >= 15 is 0 Å². The van der Waals surface area contributed by atoms with Gasteiger partial charge in [-0.05, 0) is 50.1 Å². The molecule has 0 radical (unpaired) electrons. The zero-order valence-corrected chi connectivity index (χ0v) is 13.4. The largest absolute Gasteiger partial charge is 0.308 e. The van der Waals surface area contributed by atoms with Gasteiger partial charge in [-0.15, -0.1) is 0 Å². The summed E-state index contributed by atoms with van der Waals surface area (Å²) in [5.74, 6) is -0.371. The second-order valence-corrected chi connectivity index (χ2v) is 5.70. The molecule has 0 spiro atoms. The summed E-state index contributed by atoms with van der Waals surface area (Å²) in [5, 5.41) is 8.06. The highest BCUT2D eigenvalue weighted by Gasteiger charge is 2.16. The van der Waals surface area contributed by atoms with Crippen molar-refractivity contribution in [3.63, 3.8) is 0 Å². The maximum atomic E-state index is 13.6. The molecular formula is C16H21ClFN3. The van der Waals surface area contributed by atoms with Crippen molar-refractivity contribution < 1.29 is 4.39 Å². The average Bonchev–Trinajstić information content (AvgIpc) is 2.77. The van der Waals surface area contributed by atoms with Crippen LogP contribution in [0.2, 0.25) is 5.02 Å². The molecular weight excluding hydrogens is 289 g/mol. The van der Waals surface area contributed by atoms with Gasteiger partial charge >= 0.3 is 0 Å². The zero-order chi connectivity index (χ0) is 15.4. The van der Waals surface area contributed by atoms with Crippen molar-refractivity contribution >= 4 is 11.6 Å². The summed E-state index contributed by atoms with van der Waals surface area (Å²) in [6.45, 7) is 5.01. The predicted octanol–water partition coefficient (Wildman–Crippen LogP) is 3.80. The average molecular weight is 310 g/mol. The van der Waals surface area contributed by atoms with Gasteiger partial charge in [-0.1, -0.05) is 24.6 Å². The summed E-state index contributed by atoms with van der Waals surface area (Å²) in [5.41, 5.74) is 3.01. The van der Waals surface area contributed by atoms with Crippen molar-refractivity contribution in [3.8, 4) is 0 Å². The molecule has 0 bridgehead atoms. The van der Waals surface area contributed by atoms with Crippen LogP contribution in [0.25, 0.3) is 0 Å². The number of rotatable bonds is 6. The van der Waals surface area contributed by atoms with Crippen LogP contribution in [0, 0.1) is 12.7 Å². The van der Waals surface area contributed by atoms with Gasteiger partial charge in [-0.3, -0.25) is 4.68 Å². The molecule has 5 heteroatoms. The molecule has 2 aromatic rings. The van der Waals surface area contributed by atoms with E-state index in [0.717, 1.165) is 29.9 Å². The quantitative estimate of drug-likeness (QED) is 0.879. The summed E-state index contributed by atoms with van der Waals surface area (Å²) < 4.78 is 15.5. The molecule has 0 saturated heterocycles. The molecule has 1 unspecified atom stereocenters. The van der Waals surface area contributed by atoms with Gasteiger partial charge in [0.1, 0.15) is 5.82 Å². The fourth-order valence-corrected chi connectivity index (χ4v) is 2.58. The zero-order valence-electron chi connectivity index (χ0n) is 12.7. The molecule has 0 aliphatic carbocycles. The van der Waals surface area contributed by atoms with Crippen LogP contribution in [0.15, 0.2) is 24.3 Å². The minimum atomic E-state index is -0.371. The first-order valence-corrected chi connectivity index (χ1v) is 7.57. The Balaban J connectivity index is 2.23. The third kappa shape index (κ3) is 4.05. The first kappa shape index (κ1) is 16.0. The van der Waals surface area contributed by atoms with E-state index in [0.29, 0.717) is 6.42 Å². The third-order valence-corrected chi connectivity index (χ3v) is 3.77. The summed E-state index contributed by atoms with van der Waals surface area (Å²) in [7, 11) is 1.94. The van der Waals surface area contributed by atoms with E-state index in [4.69, 9.17) is 11.6 Å². The van der Waals surface area contributed by atoms with Crippen molar-refractivity contribution in [2.45, 2.75) is 32.7 Å². The maximum Gasteiger partial charge on any atom is 0.142 e. The lowest BCUT2D eigenvalue weighted by atomic mass is 10.0. The molecule has 0 aliphatic rings. The lowest BCUT2D eigenvalue weighted by Crippen LogP contribution is -2.26. The Morgan fingerprint density at radius 2 is 2.14 bits per heavy atom. The maximum absolute atomic E-state index is 13.6. The Kier molecular flexibility index (Phi) is 5.37. The highest BCUT2D eigenvalue weighted by atomic mass is 35.5.